The highest BCUT2D eigenvalue weighted by molar-refractivity contribution is 8.03. The summed E-state index contributed by atoms with van der Waals surface area (Å²) in [7, 11) is 0. The Bertz CT molecular complexity index is 863. The van der Waals surface area contributed by atoms with Gasteiger partial charge in [0.15, 0.2) is 0 Å². The van der Waals surface area contributed by atoms with Crippen LogP contribution in [-0.4, -0.2) is 18.3 Å². The van der Waals surface area contributed by atoms with Crippen LogP contribution < -0.4 is 15.0 Å². The molecule has 0 radical (unpaired) electrons. The van der Waals surface area contributed by atoms with Crippen molar-refractivity contribution in [3.8, 4) is 5.75 Å². The number of anilines is 2. The lowest BCUT2D eigenvalue weighted by Gasteiger charge is -2.16. The molecule has 0 aliphatic carbocycles. The summed E-state index contributed by atoms with van der Waals surface area (Å²) in [5.74, 6) is 0.901. The lowest BCUT2D eigenvalue weighted by molar-refractivity contribution is -0.116. The standard InChI is InChI=1S/C19H17N3O2S/c1-2-24-13-9-7-12(8-10-13)22-17(23)11-14(18(22)20)19-21-15-5-3-4-6-16(15)25-19/h3-10,20-21H,2,11H2,1H3. The second kappa shape index (κ2) is 6.29. The first-order chi connectivity index (χ1) is 12.2. The predicted molar refractivity (Wildman–Crippen MR) is 100 cm³/mol. The van der Waals surface area contributed by atoms with Crippen molar-refractivity contribution in [3.63, 3.8) is 0 Å². The molecular weight excluding hydrogens is 334 g/mol. The number of ether oxygens (including phenoxy) is 1. The van der Waals surface area contributed by atoms with Crippen LogP contribution in [0.15, 0.2) is 64.0 Å². The third-order valence-electron chi connectivity index (χ3n) is 4.11. The number of carbonyl (C=O) groups excluding carboxylic acids is 1. The molecule has 2 aromatic carbocycles. The van der Waals surface area contributed by atoms with Gasteiger partial charge in [-0.25, -0.2) is 0 Å². The lowest BCUT2D eigenvalue weighted by atomic mass is 10.2. The second-order valence-electron chi connectivity index (χ2n) is 5.71. The Balaban J connectivity index is 1.62. The van der Waals surface area contributed by atoms with Crippen molar-refractivity contribution in [1.29, 1.82) is 5.41 Å². The number of nitrogens with one attached hydrogen (secondary N) is 2. The maximum absolute atomic E-state index is 12.5. The van der Waals surface area contributed by atoms with E-state index in [4.69, 9.17) is 10.1 Å². The lowest BCUT2D eigenvalue weighted by Crippen LogP contribution is -2.28. The normalized spacial score (nSPS) is 19.2. The van der Waals surface area contributed by atoms with Crippen LogP contribution in [0.4, 0.5) is 11.4 Å². The maximum Gasteiger partial charge on any atom is 0.237 e. The number of nitrogens with zero attached hydrogens (tertiary/aromatic N) is 1. The van der Waals surface area contributed by atoms with Gasteiger partial charge in [0.2, 0.25) is 5.91 Å². The summed E-state index contributed by atoms with van der Waals surface area (Å²) >= 11 is 1.57. The van der Waals surface area contributed by atoms with Gasteiger partial charge in [-0.3, -0.25) is 15.1 Å². The molecular formula is C19H17N3O2S. The Morgan fingerprint density at radius 3 is 2.68 bits per heavy atom. The molecule has 6 heteroatoms. The predicted octanol–water partition coefficient (Wildman–Crippen LogP) is 4.23. The van der Waals surface area contributed by atoms with Crippen LogP contribution in [0.3, 0.4) is 0 Å². The zero-order chi connectivity index (χ0) is 17.4. The molecule has 1 amide bonds. The summed E-state index contributed by atoms with van der Waals surface area (Å²) in [6.07, 6.45) is 0.232. The van der Waals surface area contributed by atoms with E-state index < -0.39 is 0 Å². The van der Waals surface area contributed by atoms with Crippen molar-refractivity contribution in [3.05, 3.63) is 59.1 Å². The fourth-order valence-corrected chi connectivity index (χ4v) is 3.99. The molecule has 0 bridgehead atoms. The van der Waals surface area contributed by atoms with Crippen LogP contribution in [0, 0.1) is 5.41 Å². The number of thioether (sulfide) groups is 1. The average molecular weight is 351 g/mol. The Morgan fingerprint density at radius 1 is 1.20 bits per heavy atom. The number of benzene rings is 2. The summed E-state index contributed by atoms with van der Waals surface area (Å²) in [4.78, 5) is 15.1. The van der Waals surface area contributed by atoms with E-state index in [1.165, 1.54) is 4.90 Å². The smallest absolute Gasteiger partial charge is 0.237 e. The summed E-state index contributed by atoms with van der Waals surface area (Å²) < 4.78 is 5.44. The van der Waals surface area contributed by atoms with Crippen molar-refractivity contribution >= 4 is 34.9 Å². The molecule has 2 N–H and O–H groups in total. The van der Waals surface area contributed by atoms with Crippen LogP contribution in [0.25, 0.3) is 0 Å². The molecule has 5 nitrogen and oxygen atoms in total. The van der Waals surface area contributed by atoms with E-state index in [9.17, 15) is 4.79 Å². The summed E-state index contributed by atoms with van der Waals surface area (Å²) in [5, 5.41) is 12.7. The largest absolute Gasteiger partial charge is 0.494 e. The van der Waals surface area contributed by atoms with E-state index in [0.717, 1.165) is 26.9 Å². The first-order valence-electron chi connectivity index (χ1n) is 8.09. The van der Waals surface area contributed by atoms with E-state index in [2.05, 4.69) is 5.32 Å². The topological polar surface area (TPSA) is 65.4 Å². The van der Waals surface area contributed by atoms with Crippen LogP contribution in [0.5, 0.6) is 5.75 Å². The Kier molecular flexibility index (Phi) is 3.97. The number of para-hydroxylation sites is 1. The molecule has 0 atom stereocenters. The molecule has 0 unspecified atom stereocenters. The number of hydrogen-bond acceptors (Lipinski definition) is 5. The van der Waals surface area contributed by atoms with Gasteiger partial charge >= 0.3 is 0 Å². The zero-order valence-corrected chi connectivity index (χ0v) is 14.5. The van der Waals surface area contributed by atoms with Gasteiger partial charge in [-0.1, -0.05) is 23.9 Å². The van der Waals surface area contributed by atoms with Crippen molar-refractivity contribution in [1.82, 2.24) is 0 Å². The molecule has 1 fully saturated rings. The second-order valence-corrected chi connectivity index (χ2v) is 6.76. The SMILES string of the molecule is CCOc1ccc(N2C(=N)C(=C3Nc4ccccc4S3)CC2=O)cc1. The van der Waals surface area contributed by atoms with E-state index >= 15 is 0 Å². The van der Waals surface area contributed by atoms with Gasteiger partial charge in [0.25, 0.3) is 0 Å². The Labute approximate surface area is 150 Å². The van der Waals surface area contributed by atoms with Crippen molar-refractivity contribution < 1.29 is 9.53 Å². The van der Waals surface area contributed by atoms with Gasteiger partial charge in [-0.15, -0.1) is 0 Å². The number of hydrogen-bond donors (Lipinski definition) is 2. The van der Waals surface area contributed by atoms with Gasteiger partial charge in [0.1, 0.15) is 11.6 Å². The molecule has 0 saturated carbocycles. The molecule has 25 heavy (non-hydrogen) atoms. The molecule has 126 valence electrons. The molecule has 2 aliphatic rings. The summed E-state index contributed by atoms with van der Waals surface area (Å²) in [5.41, 5.74) is 2.45. The van der Waals surface area contributed by atoms with Gasteiger partial charge < -0.3 is 10.1 Å². The molecule has 0 spiro atoms. The number of fused-ring (bicyclic) bond motifs is 1. The maximum atomic E-state index is 12.5. The number of amidine groups is 1. The highest BCUT2D eigenvalue weighted by atomic mass is 32.2. The van der Waals surface area contributed by atoms with E-state index in [-0.39, 0.29) is 18.2 Å². The fourth-order valence-electron chi connectivity index (χ4n) is 2.95. The average Bonchev–Trinajstić information content (AvgIpc) is 3.17. The molecule has 4 rings (SSSR count). The van der Waals surface area contributed by atoms with E-state index in [0.29, 0.717) is 12.3 Å². The number of amides is 1. The summed E-state index contributed by atoms with van der Waals surface area (Å²) in [6.45, 7) is 2.52. The monoisotopic (exact) mass is 351 g/mol. The molecule has 1 saturated heterocycles. The molecule has 2 heterocycles. The highest BCUT2D eigenvalue weighted by Gasteiger charge is 2.35. The van der Waals surface area contributed by atoms with Crippen LogP contribution in [-0.2, 0) is 4.79 Å². The minimum absolute atomic E-state index is 0.0879. The van der Waals surface area contributed by atoms with Crippen molar-refractivity contribution in [2.24, 2.45) is 0 Å². The van der Waals surface area contributed by atoms with Crippen LogP contribution in [0.1, 0.15) is 13.3 Å². The highest BCUT2D eigenvalue weighted by Crippen LogP contribution is 2.44. The first-order valence-corrected chi connectivity index (χ1v) is 8.91. The molecule has 2 aliphatic heterocycles. The number of carbonyl (C=O) groups is 1. The zero-order valence-electron chi connectivity index (χ0n) is 13.7. The molecule has 0 aromatic heterocycles. The quantitative estimate of drug-likeness (QED) is 0.868. The third-order valence-corrected chi connectivity index (χ3v) is 5.24. The number of rotatable bonds is 3. The van der Waals surface area contributed by atoms with Gasteiger partial charge in [0, 0.05) is 10.5 Å². The van der Waals surface area contributed by atoms with Gasteiger partial charge in [-0.05, 0) is 43.3 Å². The van der Waals surface area contributed by atoms with E-state index in [1.807, 2.05) is 55.5 Å². The van der Waals surface area contributed by atoms with Gasteiger partial charge in [-0.2, -0.15) is 0 Å². The van der Waals surface area contributed by atoms with E-state index in [1.54, 1.807) is 11.8 Å². The van der Waals surface area contributed by atoms with Gasteiger partial charge in [0.05, 0.1) is 29.4 Å². The minimum atomic E-state index is -0.0879. The van der Waals surface area contributed by atoms with Crippen molar-refractivity contribution in [2.75, 3.05) is 16.8 Å². The third kappa shape index (κ3) is 2.78. The van der Waals surface area contributed by atoms with Crippen molar-refractivity contribution in [2.45, 2.75) is 18.2 Å². The Morgan fingerprint density at radius 2 is 1.96 bits per heavy atom. The summed E-state index contributed by atoms with van der Waals surface area (Å²) in [6, 6.07) is 15.3. The minimum Gasteiger partial charge on any atom is -0.494 e. The van der Waals surface area contributed by atoms with Crippen LogP contribution in [0.2, 0.25) is 0 Å². The molecule has 2 aromatic rings. The first kappa shape index (κ1) is 15.8. The van der Waals surface area contributed by atoms with Crippen LogP contribution >= 0.6 is 11.8 Å². The Hall–Kier alpha value is -2.73. The fraction of sp³-hybridized carbons (Fsp3) is 0.158.